The van der Waals surface area contributed by atoms with Crippen LogP contribution in [-0.2, 0) is 22.8 Å². The van der Waals surface area contributed by atoms with E-state index < -0.39 is 34.1 Å². The lowest BCUT2D eigenvalue weighted by atomic mass is 10.1. The number of rotatable bonds is 7. The fourth-order valence-electron chi connectivity index (χ4n) is 0.657. The number of hydrogen-bond donors (Lipinski definition) is 4. The van der Waals surface area contributed by atoms with Crippen molar-refractivity contribution in [3.8, 4) is 0 Å². The first kappa shape index (κ1) is 16.6. The number of Topliss-reactive ketones (excluding diaryl/α,β-unsaturated/α-hetero) is 1. The van der Waals surface area contributed by atoms with Gasteiger partial charge in [0.2, 0.25) is 0 Å². The number of aliphatic hydroxyl groups excluding tert-OH is 1. The zero-order chi connectivity index (χ0) is 13.9. The molecule has 0 heterocycles. The molecule has 11 heteroatoms. The molecule has 0 aromatic rings. The van der Waals surface area contributed by atoms with Gasteiger partial charge in [-0.25, -0.2) is 9.13 Å². The Kier molecular flexibility index (Phi) is 5.86. The van der Waals surface area contributed by atoms with Gasteiger partial charge in [-0.2, -0.15) is 4.31 Å². The predicted molar refractivity (Wildman–Crippen MR) is 54.7 cm³/mol. The molecule has 0 aromatic heterocycles. The van der Waals surface area contributed by atoms with E-state index in [1.165, 1.54) is 6.92 Å². The van der Waals surface area contributed by atoms with Crippen molar-refractivity contribution in [2.24, 2.45) is 0 Å². The smallest absolute Gasteiger partial charge is 0.381 e. The van der Waals surface area contributed by atoms with E-state index in [4.69, 9.17) is 19.8 Å². The number of phosphoric ester groups is 1. The molecule has 0 bridgehead atoms. The minimum absolute atomic E-state index is 0.0854. The number of carbonyl (C=O) groups excluding carboxylic acids is 1. The molecule has 17 heavy (non-hydrogen) atoms. The van der Waals surface area contributed by atoms with Gasteiger partial charge in [-0.15, -0.1) is 0 Å². The van der Waals surface area contributed by atoms with E-state index in [1.54, 1.807) is 0 Å². The maximum atomic E-state index is 11.1. The highest BCUT2D eigenvalue weighted by atomic mass is 31.3. The second-order valence-corrected chi connectivity index (χ2v) is 5.86. The third kappa shape index (κ3) is 7.54. The van der Waals surface area contributed by atoms with Gasteiger partial charge >= 0.3 is 15.6 Å². The van der Waals surface area contributed by atoms with Gasteiger partial charge in [0, 0.05) is 0 Å². The molecule has 4 N–H and O–H groups in total. The second kappa shape index (κ2) is 5.99. The number of ketones is 1. The molecule has 0 rings (SSSR count). The molecular formula is C6H12O9P2. The number of hydrogen-bond acceptors (Lipinski definition) is 6. The van der Waals surface area contributed by atoms with E-state index in [2.05, 4.69) is 15.4 Å². The third-order valence-electron chi connectivity index (χ3n) is 1.35. The van der Waals surface area contributed by atoms with Crippen molar-refractivity contribution in [1.82, 2.24) is 0 Å². The molecule has 0 fully saturated rings. The van der Waals surface area contributed by atoms with E-state index in [-0.39, 0.29) is 5.57 Å². The topological polar surface area (TPSA) is 151 Å². The van der Waals surface area contributed by atoms with Crippen LogP contribution in [0.1, 0.15) is 6.92 Å². The van der Waals surface area contributed by atoms with Gasteiger partial charge < -0.3 is 19.8 Å². The normalized spacial score (nSPS) is 17.2. The highest BCUT2D eigenvalue weighted by Gasteiger charge is 2.33. The van der Waals surface area contributed by atoms with Gasteiger partial charge in [0.25, 0.3) is 0 Å². The number of phosphoric acid groups is 2. The number of aliphatic hydroxyl groups is 1. The van der Waals surface area contributed by atoms with Crippen molar-refractivity contribution >= 4 is 21.4 Å². The maximum Gasteiger partial charge on any atom is 0.481 e. The highest BCUT2D eigenvalue weighted by molar-refractivity contribution is 7.60. The lowest BCUT2D eigenvalue weighted by Gasteiger charge is -2.13. The summed E-state index contributed by atoms with van der Waals surface area (Å²) in [5.74, 6) is -0.999. The van der Waals surface area contributed by atoms with Crippen molar-refractivity contribution in [2.75, 3.05) is 6.61 Å². The lowest BCUT2D eigenvalue weighted by molar-refractivity contribution is -0.127. The first-order valence-electron chi connectivity index (χ1n) is 4.05. The van der Waals surface area contributed by atoms with Gasteiger partial charge in [0.1, 0.15) is 12.7 Å². The van der Waals surface area contributed by atoms with Gasteiger partial charge in [-0.3, -0.25) is 9.32 Å². The monoisotopic (exact) mass is 290 g/mol. The summed E-state index contributed by atoms with van der Waals surface area (Å²) in [5.41, 5.74) is 0.0854. The standard InChI is InChI=1S/C6H12O9P2/c1-4(2)6(8)5(7)3-14-17(12,13)15-16(9,10)11/h6,8H,1,3H2,2H3,(H,12,13)(H2,9,10,11). The van der Waals surface area contributed by atoms with Crippen molar-refractivity contribution < 1.29 is 42.5 Å². The molecule has 0 radical (unpaired) electrons. The second-order valence-electron chi connectivity index (χ2n) is 3.03. The van der Waals surface area contributed by atoms with Crippen LogP contribution in [0.2, 0.25) is 0 Å². The van der Waals surface area contributed by atoms with Crippen LogP contribution in [0.4, 0.5) is 0 Å². The van der Waals surface area contributed by atoms with Crippen molar-refractivity contribution in [2.45, 2.75) is 13.0 Å². The largest absolute Gasteiger partial charge is 0.481 e. The van der Waals surface area contributed by atoms with E-state index >= 15 is 0 Å². The van der Waals surface area contributed by atoms with Crippen LogP contribution in [0.15, 0.2) is 12.2 Å². The summed E-state index contributed by atoms with van der Waals surface area (Å²) in [6.07, 6.45) is -1.59. The summed E-state index contributed by atoms with van der Waals surface area (Å²) >= 11 is 0. The Morgan fingerprint density at radius 1 is 1.35 bits per heavy atom. The first-order chi connectivity index (χ1) is 7.44. The van der Waals surface area contributed by atoms with Crippen molar-refractivity contribution in [3.05, 3.63) is 12.2 Å². The Morgan fingerprint density at radius 2 is 1.82 bits per heavy atom. The Labute approximate surface area is 96.5 Å². The van der Waals surface area contributed by atoms with E-state index in [1.807, 2.05) is 0 Å². The summed E-state index contributed by atoms with van der Waals surface area (Å²) in [4.78, 5) is 36.3. The molecule has 0 aromatic carbocycles. The Balaban J connectivity index is 4.38. The van der Waals surface area contributed by atoms with Crippen LogP contribution in [-0.4, -0.2) is 38.3 Å². The highest BCUT2D eigenvalue weighted by Crippen LogP contribution is 2.57. The SMILES string of the molecule is C=C(C)C(O)C(=O)COP(=O)(O)OP(=O)(O)O. The van der Waals surface area contributed by atoms with E-state index in [0.29, 0.717) is 0 Å². The average Bonchev–Trinajstić information content (AvgIpc) is 2.09. The minimum Gasteiger partial charge on any atom is -0.381 e. The van der Waals surface area contributed by atoms with E-state index in [9.17, 15) is 13.9 Å². The summed E-state index contributed by atoms with van der Waals surface area (Å²) in [5, 5.41) is 9.13. The molecule has 9 nitrogen and oxygen atoms in total. The first-order valence-corrected chi connectivity index (χ1v) is 7.07. The van der Waals surface area contributed by atoms with Crippen LogP contribution in [0.3, 0.4) is 0 Å². The van der Waals surface area contributed by atoms with E-state index in [0.717, 1.165) is 0 Å². The molecule has 0 aliphatic heterocycles. The third-order valence-corrected chi connectivity index (χ3v) is 3.48. The molecule has 0 spiro atoms. The minimum atomic E-state index is -5.22. The van der Waals surface area contributed by atoms with Crippen LogP contribution < -0.4 is 0 Å². The Hall–Kier alpha value is -0.370. The van der Waals surface area contributed by atoms with Crippen LogP contribution >= 0.6 is 15.6 Å². The fraction of sp³-hybridized carbons (Fsp3) is 0.500. The summed E-state index contributed by atoms with van der Waals surface area (Å²) in [6, 6.07) is 0. The van der Waals surface area contributed by atoms with Crippen molar-refractivity contribution in [1.29, 1.82) is 0 Å². The maximum absolute atomic E-state index is 11.1. The number of carbonyl (C=O) groups is 1. The predicted octanol–water partition coefficient (Wildman–Crippen LogP) is -0.281. The zero-order valence-electron chi connectivity index (χ0n) is 8.72. The molecule has 2 unspecified atom stereocenters. The summed E-state index contributed by atoms with van der Waals surface area (Å²) < 4.78 is 28.5. The lowest BCUT2D eigenvalue weighted by Crippen LogP contribution is -2.25. The Morgan fingerprint density at radius 3 is 2.18 bits per heavy atom. The fourth-order valence-corrected chi connectivity index (χ4v) is 2.21. The molecule has 100 valence electrons. The summed E-state index contributed by atoms with van der Waals surface area (Å²) in [7, 11) is -10.3. The van der Waals surface area contributed by atoms with Crippen molar-refractivity contribution in [3.63, 3.8) is 0 Å². The molecule has 0 saturated carbocycles. The molecule has 0 saturated heterocycles. The van der Waals surface area contributed by atoms with Gasteiger partial charge in [-0.1, -0.05) is 6.58 Å². The summed E-state index contributed by atoms with van der Waals surface area (Å²) in [6.45, 7) is 3.55. The molecule has 0 aliphatic rings. The van der Waals surface area contributed by atoms with Gasteiger partial charge in [0.15, 0.2) is 5.78 Å². The molecule has 0 aliphatic carbocycles. The molecule has 2 atom stereocenters. The molecular weight excluding hydrogens is 278 g/mol. The van der Waals surface area contributed by atoms with Gasteiger partial charge in [-0.05, 0) is 12.5 Å². The zero-order valence-corrected chi connectivity index (χ0v) is 10.5. The van der Waals surface area contributed by atoms with Gasteiger partial charge in [0.05, 0.1) is 0 Å². The quantitative estimate of drug-likeness (QED) is 0.366. The van der Waals surface area contributed by atoms with Crippen LogP contribution in [0.25, 0.3) is 0 Å². The van der Waals surface area contributed by atoms with Crippen LogP contribution in [0.5, 0.6) is 0 Å². The Bertz CT molecular complexity index is 396. The molecule has 0 amide bonds. The average molecular weight is 290 g/mol. The van der Waals surface area contributed by atoms with Crippen LogP contribution in [0, 0.1) is 0 Å².